The van der Waals surface area contributed by atoms with Crippen molar-refractivity contribution in [3.8, 4) is 11.5 Å². The van der Waals surface area contributed by atoms with Crippen LogP contribution in [0.15, 0.2) is 64.2 Å². The van der Waals surface area contributed by atoms with Gasteiger partial charge >= 0.3 is 0 Å². The van der Waals surface area contributed by atoms with Crippen LogP contribution in [0.5, 0.6) is 0 Å². The minimum Gasteiger partial charge on any atom is -0.411 e. The zero-order valence-electron chi connectivity index (χ0n) is 10.5. The van der Waals surface area contributed by atoms with Gasteiger partial charge in [-0.15, -0.1) is 10.2 Å². The van der Waals surface area contributed by atoms with Gasteiger partial charge in [0.2, 0.25) is 5.89 Å². The van der Waals surface area contributed by atoms with E-state index in [2.05, 4.69) is 10.2 Å². The number of aromatic nitrogens is 2. The van der Waals surface area contributed by atoms with Crippen molar-refractivity contribution in [2.24, 2.45) is 0 Å². The molecule has 5 heteroatoms. The summed E-state index contributed by atoms with van der Waals surface area (Å²) < 4.78 is 18.4. The Balaban J connectivity index is 1.69. The summed E-state index contributed by atoms with van der Waals surface area (Å²) in [6.07, 6.45) is 0. The van der Waals surface area contributed by atoms with Gasteiger partial charge in [-0.1, -0.05) is 42.1 Å². The monoisotopic (exact) mass is 286 g/mol. The number of hydrogen-bond donors (Lipinski definition) is 0. The van der Waals surface area contributed by atoms with Gasteiger partial charge in [-0.2, -0.15) is 0 Å². The van der Waals surface area contributed by atoms with Crippen LogP contribution < -0.4 is 0 Å². The molecular formula is C15H11FN2OS. The SMILES string of the molecule is Fc1ccc(-c2nnc(SCc3ccccc3)o2)cc1. The first kappa shape index (κ1) is 12.9. The van der Waals surface area contributed by atoms with Crippen molar-refractivity contribution in [3.05, 3.63) is 66.0 Å². The summed E-state index contributed by atoms with van der Waals surface area (Å²) in [5.41, 5.74) is 1.91. The summed E-state index contributed by atoms with van der Waals surface area (Å²) in [6, 6.07) is 16.0. The van der Waals surface area contributed by atoms with E-state index in [1.165, 1.54) is 29.5 Å². The first-order chi connectivity index (χ1) is 9.81. The molecule has 2 aromatic carbocycles. The number of hydrogen-bond acceptors (Lipinski definition) is 4. The van der Waals surface area contributed by atoms with Gasteiger partial charge in [0.25, 0.3) is 5.22 Å². The zero-order valence-corrected chi connectivity index (χ0v) is 11.3. The van der Waals surface area contributed by atoms with E-state index in [-0.39, 0.29) is 5.82 Å². The molecule has 3 rings (SSSR count). The summed E-state index contributed by atoms with van der Waals surface area (Å²) >= 11 is 1.48. The van der Waals surface area contributed by atoms with Gasteiger partial charge in [0, 0.05) is 11.3 Å². The van der Waals surface area contributed by atoms with E-state index in [9.17, 15) is 4.39 Å². The molecule has 0 bridgehead atoms. The first-order valence-electron chi connectivity index (χ1n) is 6.07. The quantitative estimate of drug-likeness (QED) is 0.675. The molecule has 0 aliphatic heterocycles. The van der Waals surface area contributed by atoms with Crippen LogP contribution in [-0.4, -0.2) is 10.2 Å². The smallest absolute Gasteiger partial charge is 0.277 e. The van der Waals surface area contributed by atoms with Crippen molar-refractivity contribution in [2.45, 2.75) is 11.0 Å². The van der Waals surface area contributed by atoms with Gasteiger partial charge in [0.1, 0.15) is 5.82 Å². The summed E-state index contributed by atoms with van der Waals surface area (Å²) in [7, 11) is 0. The largest absolute Gasteiger partial charge is 0.411 e. The standard InChI is InChI=1S/C15H11FN2OS/c16-13-8-6-12(7-9-13)14-17-18-15(19-14)20-10-11-4-2-1-3-5-11/h1-9H,10H2. The Hall–Kier alpha value is -2.14. The van der Waals surface area contributed by atoms with Crippen molar-refractivity contribution < 1.29 is 8.81 Å². The van der Waals surface area contributed by atoms with Gasteiger partial charge in [0.15, 0.2) is 0 Å². The number of nitrogens with zero attached hydrogens (tertiary/aromatic N) is 2. The second kappa shape index (κ2) is 5.88. The molecule has 0 amide bonds. The molecule has 0 aliphatic rings. The third-order valence-corrected chi connectivity index (χ3v) is 3.59. The maximum Gasteiger partial charge on any atom is 0.277 e. The fourth-order valence-corrected chi connectivity index (χ4v) is 2.42. The predicted molar refractivity (Wildman–Crippen MR) is 75.7 cm³/mol. The van der Waals surface area contributed by atoms with Crippen LogP contribution >= 0.6 is 11.8 Å². The third kappa shape index (κ3) is 3.05. The number of thioether (sulfide) groups is 1. The van der Waals surface area contributed by atoms with Crippen LogP contribution in [-0.2, 0) is 5.75 Å². The molecule has 3 nitrogen and oxygen atoms in total. The Morgan fingerprint density at radius 3 is 2.45 bits per heavy atom. The lowest BCUT2D eigenvalue weighted by atomic mass is 10.2. The van der Waals surface area contributed by atoms with Crippen molar-refractivity contribution >= 4 is 11.8 Å². The van der Waals surface area contributed by atoms with Gasteiger partial charge < -0.3 is 4.42 Å². The highest BCUT2D eigenvalue weighted by atomic mass is 32.2. The normalized spacial score (nSPS) is 10.7. The van der Waals surface area contributed by atoms with E-state index in [1.807, 2.05) is 30.3 Å². The Bertz CT molecular complexity index is 683. The van der Waals surface area contributed by atoms with Gasteiger partial charge in [0.05, 0.1) is 0 Å². The van der Waals surface area contributed by atoms with Crippen molar-refractivity contribution in [1.29, 1.82) is 0 Å². The number of halogens is 1. The van der Waals surface area contributed by atoms with Gasteiger partial charge in [-0.25, -0.2) is 4.39 Å². The molecule has 3 aromatic rings. The van der Waals surface area contributed by atoms with Crippen LogP contribution in [0.4, 0.5) is 4.39 Å². The van der Waals surface area contributed by atoms with E-state index in [0.29, 0.717) is 16.7 Å². The minimum atomic E-state index is -0.285. The fraction of sp³-hybridized carbons (Fsp3) is 0.0667. The molecule has 0 saturated carbocycles. The summed E-state index contributed by atoms with van der Waals surface area (Å²) in [5, 5.41) is 8.46. The molecule has 0 radical (unpaired) electrons. The van der Waals surface area contributed by atoms with Crippen molar-refractivity contribution in [2.75, 3.05) is 0 Å². The minimum absolute atomic E-state index is 0.285. The van der Waals surface area contributed by atoms with Crippen LogP contribution in [0.3, 0.4) is 0 Å². The third-order valence-electron chi connectivity index (χ3n) is 2.70. The second-order valence-electron chi connectivity index (χ2n) is 4.15. The summed E-state index contributed by atoms with van der Waals surface area (Å²) in [6.45, 7) is 0. The second-order valence-corrected chi connectivity index (χ2v) is 5.08. The number of benzene rings is 2. The highest BCUT2D eigenvalue weighted by Crippen LogP contribution is 2.25. The Kier molecular flexibility index (Phi) is 3.78. The fourth-order valence-electron chi connectivity index (χ4n) is 1.70. The Morgan fingerprint density at radius 2 is 1.70 bits per heavy atom. The van der Waals surface area contributed by atoms with E-state index >= 15 is 0 Å². The van der Waals surface area contributed by atoms with Crippen molar-refractivity contribution in [1.82, 2.24) is 10.2 Å². The van der Waals surface area contributed by atoms with Crippen LogP contribution in [0, 0.1) is 5.82 Å². The molecule has 1 heterocycles. The average Bonchev–Trinajstić information content (AvgIpc) is 2.96. The molecule has 0 fully saturated rings. The van der Waals surface area contributed by atoms with Crippen LogP contribution in [0.25, 0.3) is 11.5 Å². The molecule has 0 aliphatic carbocycles. The molecule has 20 heavy (non-hydrogen) atoms. The maximum atomic E-state index is 12.8. The highest BCUT2D eigenvalue weighted by Gasteiger charge is 2.09. The molecule has 0 atom stereocenters. The zero-order chi connectivity index (χ0) is 13.8. The lowest BCUT2D eigenvalue weighted by Crippen LogP contribution is -1.79. The lowest BCUT2D eigenvalue weighted by molar-refractivity contribution is 0.465. The van der Waals surface area contributed by atoms with Crippen LogP contribution in [0.1, 0.15) is 5.56 Å². The topological polar surface area (TPSA) is 38.9 Å². The molecule has 0 saturated heterocycles. The Morgan fingerprint density at radius 1 is 0.950 bits per heavy atom. The molecule has 100 valence electrons. The molecule has 0 N–H and O–H groups in total. The summed E-state index contributed by atoms with van der Waals surface area (Å²) in [5.74, 6) is 0.888. The molecule has 0 unspecified atom stereocenters. The molecular weight excluding hydrogens is 275 g/mol. The van der Waals surface area contributed by atoms with E-state index in [4.69, 9.17) is 4.42 Å². The Labute approximate surface area is 119 Å². The van der Waals surface area contributed by atoms with Gasteiger partial charge in [-0.05, 0) is 29.8 Å². The average molecular weight is 286 g/mol. The lowest BCUT2D eigenvalue weighted by Gasteiger charge is -1.96. The van der Waals surface area contributed by atoms with Crippen molar-refractivity contribution in [3.63, 3.8) is 0 Å². The van der Waals surface area contributed by atoms with E-state index in [1.54, 1.807) is 12.1 Å². The van der Waals surface area contributed by atoms with Crippen LogP contribution in [0.2, 0.25) is 0 Å². The maximum absolute atomic E-state index is 12.8. The van der Waals surface area contributed by atoms with E-state index < -0.39 is 0 Å². The summed E-state index contributed by atoms with van der Waals surface area (Å²) in [4.78, 5) is 0. The van der Waals surface area contributed by atoms with Gasteiger partial charge in [-0.3, -0.25) is 0 Å². The predicted octanol–water partition coefficient (Wildman–Crippen LogP) is 4.17. The highest BCUT2D eigenvalue weighted by molar-refractivity contribution is 7.98. The molecule has 0 spiro atoms. The first-order valence-corrected chi connectivity index (χ1v) is 7.06. The molecule has 1 aromatic heterocycles. The number of rotatable bonds is 4. The van der Waals surface area contributed by atoms with E-state index in [0.717, 1.165) is 5.75 Å².